The quantitative estimate of drug-likeness (QED) is 0.587. The second-order valence-electron chi connectivity index (χ2n) is 4.34. The number of aliphatic hydroxyl groups excluding tert-OH is 1. The Morgan fingerprint density at radius 2 is 2.06 bits per heavy atom. The third kappa shape index (κ3) is 5.80. The van der Waals surface area contributed by atoms with E-state index in [0.717, 1.165) is 32.4 Å². The Bertz CT molecular complexity index is 166. The van der Waals surface area contributed by atoms with Gasteiger partial charge in [-0.2, -0.15) is 0 Å². The molecule has 0 radical (unpaired) electrons. The van der Waals surface area contributed by atoms with E-state index in [0.29, 0.717) is 0 Å². The molecule has 0 aromatic heterocycles. The molecule has 2 atom stereocenters. The molecule has 96 valence electrons. The van der Waals surface area contributed by atoms with Crippen molar-refractivity contribution in [2.75, 3.05) is 26.8 Å². The maximum absolute atomic E-state index is 8.89. The number of hydrogen-bond acceptors (Lipinski definition) is 4. The first-order chi connectivity index (χ1) is 7.86. The Balaban J connectivity index is 1.84. The molecule has 0 bridgehead atoms. The molecule has 0 amide bonds. The van der Waals surface area contributed by atoms with Crippen LogP contribution in [0, 0.1) is 0 Å². The molecule has 16 heavy (non-hydrogen) atoms. The van der Waals surface area contributed by atoms with E-state index in [1.165, 1.54) is 19.3 Å². The van der Waals surface area contributed by atoms with Crippen molar-refractivity contribution in [2.45, 2.75) is 50.9 Å². The highest BCUT2D eigenvalue weighted by molar-refractivity contribution is 4.66. The minimum Gasteiger partial charge on any atom is -0.394 e. The van der Waals surface area contributed by atoms with Crippen LogP contribution >= 0.6 is 0 Å². The van der Waals surface area contributed by atoms with Crippen molar-refractivity contribution >= 4 is 0 Å². The topological polar surface area (TPSA) is 50.7 Å². The van der Waals surface area contributed by atoms with Gasteiger partial charge < -0.3 is 19.9 Å². The van der Waals surface area contributed by atoms with Crippen LogP contribution in [0.25, 0.3) is 0 Å². The van der Waals surface area contributed by atoms with Gasteiger partial charge in [0.2, 0.25) is 0 Å². The highest BCUT2D eigenvalue weighted by Gasteiger charge is 2.24. The minimum absolute atomic E-state index is 0.000582. The first-order valence-corrected chi connectivity index (χ1v) is 6.39. The van der Waals surface area contributed by atoms with Crippen LogP contribution in [0.4, 0.5) is 0 Å². The summed E-state index contributed by atoms with van der Waals surface area (Å²) in [7, 11) is 1.98. The molecule has 1 rings (SSSR count). The summed E-state index contributed by atoms with van der Waals surface area (Å²) in [6.45, 7) is 2.00. The average molecular weight is 231 g/mol. The van der Waals surface area contributed by atoms with Crippen LogP contribution in [0.15, 0.2) is 0 Å². The van der Waals surface area contributed by atoms with Gasteiger partial charge in [-0.3, -0.25) is 0 Å². The predicted octanol–water partition coefficient (Wildman–Crippen LogP) is 1.28. The molecule has 2 N–H and O–H groups in total. The number of aliphatic hydroxyl groups is 1. The zero-order valence-electron chi connectivity index (χ0n) is 10.3. The van der Waals surface area contributed by atoms with E-state index >= 15 is 0 Å². The predicted molar refractivity (Wildman–Crippen MR) is 63.3 cm³/mol. The van der Waals surface area contributed by atoms with E-state index in [1.807, 2.05) is 7.05 Å². The number of hydrogen-bond donors (Lipinski definition) is 2. The second-order valence-corrected chi connectivity index (χ2v) is 4.34. The summed E-state index contributed by atoms with van der Waals surface area (Å²) in [6.07, 6.45) is 6.59. The Labute approximate surface area is 98.3 Å². The van der Waals surface area contributed by atoms with E-state index in [9.17, 15) is 0 Å². The van der Waals surface area contributed by atoms with Gasteiger partial charge in [-0.25, -0.2) is 0 Å². The van der Waals surface area contributed by atoms with Gasteiger partial charge in [0.15, 0.2) is 6.29 Å². The van der Waals surface area contributed by atoms with Crippen LogP contribution < -0.4 is 5.32 Å². The van der Waals surface area contributed by atoms with E-state index in [1.54, 1.807) is 0 Å². The fraction of sp³-hybridized carbons (Fsp3) is 1.00. The molecule has 0 aromatic carbocycles. The number of rotatable bonds is 9. The maximum Gasteiger partial charge on any atom is 0.158 e. The summed E-state index contributed by atoms with van der Waals surface area (Å²) in [5.74, 6) is 0. The smallest absolute Gasteiger partial charge is 0.158 e. The molecule has 1 fully saturated rings. The molecule has 0 aromatic rings. The largest absolute Gasteiger partial charge is 0.394 e. The van der Waals surface area contributed by atoms with Crippen LogP contribution in [0.1, 0.15) is 38.5 Å². The molecular weight excluding hydrogens is 206 g/mol. The molecule has 0 saturated carbocycles. The van der Waals surface area contributed by atoms with Crippen LogP contribution in [0.3, 0.4) is 0 Å². The summed E-state index contributed by atoms with van der Waals surface area (Å²) in [5.41, 5.74) is 0. The standard InChI is InChI=1S/C12H25NO3/c1-13-8-4-2-3-5-9-15-12-7-6-11(10-14)16-12/h11-14H,2-10H2,1H3. The summed E-state index contributed by atoms with van der Waals surface area (Å²) in [6, 6.07) is 0. The van der Waals surface area contributed by atoms with E-state index in [4.69, 9.17) is 14.6 Å². The SMILES string of the molecule is CNCCCCCCOC1CCC(CO)O1. The van der Waals surface area contributed by atoms with Crippen molar-refractivity contribution in [1.82, 2.24) is 5.32 Å². The summed E-state index contributed by atoms with van der Waals surface area (Å²) in [4.78, 5) is 0. The van der Waals surface area contributed by atoms with Gasteiger partial charge in [0.05, 0.1) is 12.7 Å². The lowest BCUT2D eigenvalue weighted by atomic mass is 10.2. The highest BCUT2D eigenvalue weighted by Crippen LogP contribution is 2.20. The van der Waals surface area contributed by atoms with Gasteiger partial charge in [-0.1, -0.05) is 12.8 Å². The first-order valence-electron chi connectivity index (χ1n) is 6.39. The van der Waals surface area contributed by atoms with E-state index in [2.05, 4.69) is 5.32 Å². The molecule has 0 aliphatic carbocycles. The molecule has 1 saturated heterocycles. The van der Waals surface area contributed by atoms with Crippen molar-refractivity contribution in [3.8, 4) is 0 Å². The van der Waals surface area contributed by atoms with Crippen molar-refractivity contribution < 1.29 is 14.6 Å². The highest BCUT2D eigenvalue weighted by atomic mass is 16.7. The molecular formula is C12H25NO3. The van der Waals surface area contributed by atoms with Crippen LogP contribution in [-0.4, -0.2) is 44.3 Å². The number of ether oxygens (including phenoxy) is 2. The Kier molecular flexibility index (Phi) is 7.76. The third-order valence-corrected chi connectivity index (χ3v) is 2.90. The molecule has 4 heteroatoms. The lowest BCUT2D eigenvalue weighted by Crippen LogP contribution is -2.17. The second kappa shape index (κ2) is 8.93. The van der Waals surface area contributed by atoms with Gasteiger partial charge in [-0.15, -0.1) is 0 Å². The minimum atomic E-state index is -0.0746. The molecule has 0 spiro atoms. The zero-order chi connectivity index (χ0) is 11.6. The van der Waals surface area contributed by atoms with Crippen molar-refractivity contribution in [3.63, 3.8) is 0 Å². The number of nitrogens with one attached hydrogen (secondary N) is 1. The van der Waals surface area contributed by atoms with E-state index < -0.39 is 0 Å². The van der Waals surface area contributed by atoms with Crippen molar-refractivity contribution in [2.24, 2.45) is 0 Å². The number of unbranched alkanes of at least 4 members (excludes halogenated alkanes) is 3. The Hall–Kier alpha value is -0.160. The average Bonchev–Trinajstić information content (AvgIpc) is 2.76. The fourth-order valence-corrected chi connectivity index (χ4v) is 1.90. The molecule has 1 aliphatic rings. The van der Waals surface area contributed by atoms with Crippen molar-refractivity contribution in [3.05, 3.63) is 0 Å². The monoisotopic (exact) mass is 231 g/mol. The Morgan fingerprint density at radius 1 is 1.25 bits per heavy atom. The third-order valence-electron chi connectivity index (χ3n) is 2.90. The first kappa shape index (κ1) is 13.9. The lowest BCUT2D eigenvalue weighted by molar-refractivity contribution is -0.140. The lowest BCUT2D eigenvalue weighted by Gasteiger charge is -2.12. The maximum atomic E-state index is 8.89. The molecule has 1 heterocycles. The van der Waals surface area contributed by atoms with Gasteiger partial charge in [0, 0.05) is 13.0 Å². The molecule has 1 aliphatic heterocycles. The van der Waals surface area contributed by atoms with Crippen LogP contribution in [-0.2, 0) is 9.47 Å². The van der Waals surface area contributed by atoms with E-state index in [-0.39, 0.29) is 19.0 Å². The normalized spacial score (nSPS) is 25.1. The summed E-state index contributed by atoms with van der Waals surface area (Å²) >= 11 is 0. The van der Waals surface area contributed by atoms with Gasteiger partial charge in [0.25, 0.3) is 0 Å². The van der Waals surface area contributed by atoms with Gasteiger partial charge >= 0.3 is 0 Å². The molecule has 4 nitrogen and oxygen atoms in total. The zero-order valence-corrected chi connectivity index (χ0v) is 10.3. The van der Waals surface area contributed by atoms with Crippen LogP contribution in [0.2, 0.25) is 0 Å². The molecule has 2 unspecified atom stereocenters. The summed E-state index contributed by atoms with van der Waals surface area (Å²) in [5, 5.41) is 12.0. The Morgan fingerprint density at radius 3 is 2.75 bits per heavy atom. The summed E-state index contributed by atoms with van der Waals surface area (Å²) < 4.78 is 11.1. The fourth-order valence-electron chi connectivity index (χ4n) is 1.90. The van der Waals surface area contributed by atoms with Crippen molar-refractivity contribution in [1.29, 1.82) is 0 Å². The van der Waals surface area contributed by atoms with Gasteiger partial charge in [0.1, 0.15) is 0 Å². The van der Waals surface area contributed by atoms with Crippen LogP contribution in [0.5, 0.6) is 0 Å². The van der Waals surface area contributed by atoms with Gasteiger partial charge in [-0.05, 0) is 32.9 Å².